The van der Waals surface area contributed by atoms with Crippen molar-refractivity contribution >= 4 is 41.1 Å². The van der Waals surface area contributed by atoms with Crippen LogP contribution >= 0.6 is 34.8 Å². The van der Waals surface area contributed by atoms with Gasteiger partial charge in [0.2, 0.25) is 0 Å². The number of nitrogens with zero attached hydrogens (tertiary/aromatic N) is 2. The van der Waals surface area contributed by atoms with Crippen LogP contribution < -0.4 is 0 Å². The molecule has 6 heteroatoms. The van der Waals surface area contributed by atoms with Crippen molar-refractivity contribution < 1.29 is 4.79 Å². The zero-order valence-electron chi connectivity index (χ0n) is 9.67. The predicted molar refractivity (Wildman–Crippen MR) is 73.5 cm³/mol. The lowest BCUT2D eigenvalue weighted by atomic mass is 10.2. The van der Waals surface area contributed by atoms with Gasteiger partial charge in [-0.25, -0.2) is 4.68 Å². The Labute approximate surface area is 119 Å². The molecule has 0 atom stereocenters. The highest BCUT2D eigenvalue weighted by atomic mass is 35.5. The summed E-state index contributed by atoms with van der Waals surface area (Å²) in [5.74, 6) is 0. The molecule has 0 radical (unpaired) electrons. The molecule has 0 unspecified atom stereocenters. The second kappa shape index (κ2) is 4.92. The maximum atomic E-state index is 11.0. The maximum absolute atomic E-state index is 11.0. The van der Waals surface area contributed by atoms with Crippen molar-refractivity contribution in [1.29, 1.82) is 0 Å². The van der Waals surface area contributed by atoms with E-state index in [2.05, 4.69) is 5.10 Å². The van der Waals surface area contributed by atoms with E-state index in [9.17, 15) is 4.79 Å². The Morgan fingerprint density at radius 1 is 1.17 bits per heavy atom. The van der Waals surface area contributed by atoms with Crippen molar-refractivity contribution in [2.75, 3.05) is 0 Å². The van der Waals surface area contributed by atoms with Gasteiger partial charge in [0.25, 0.3) is 0 Å². The molecule has 0 spiro atoms. The number of hydrogen-bond donors (Lipinski definition) is 0. The summed E-state index contributed by atoms with van der Waals surface area (Å²) >= 11 is 18.1. The Balaban J connectivity index is 2.74. The van der Waals surface area contributed by atoms with Gasteiger partial charge in [0.05, 0.1) is 27.0 Å². The Kier molecular flexibility index (Phi) is 3.66. The third kappa shape index (κ3) is 2.14. The van der Waals surface area contributed by atoms with Crippen LogP contribution in [-0.4, -0.2) is 16.1 Å². The second-order valence-electron chi connectivity index (χ2n) is 3.83. The van der Waals surface area contributed by atoms with E-state index in [1.54, 1.807) is 30.7 Å². The number of aldehydes is 1. The molecule has 2 aromatic rings. The Bertz CT molecular complexity index is 611. The van der Waals surface area contributed by atoms with Gasteiger partial charge in [0, 0.05) is 5.02 Å². The lowest BCUT2D eigenvalue weighted by Crippen LogP contribution is -2.01. The molecule has 3 nitrogen and oxygen atoms in total. The van der Waals surface area contributed by atoms with E-state index >= 15 is 0 Å². The fraction of sp³-hybridized carbons (Fsp3) is 0.167. The van der Waals surface area contributed by atoms with Gasteiger partial charge in [-0.2, -0.15) is 5.10 Å². The molecule has 1 aromatic heterocycles. The minimum absolute atomic E-state index is 0.385. The first kappa shape index (κ1) is 13.4. The number of carbonyl (C=O) groups is 1. The van der Waals surface area contributed by atoms with Crippen LogP contribution in [-0.2, 0) is 0 Å². The van der Waals surface area contributed by atoms with E-state index < -0.39 is 0 Å². The third-order valence-electron chi connectivity index (χ3n) is 2.66. The standard InChI is InChI=1S/C12H9Cl3N2O/c1-6-9(5-18)7(2)17(16-6)12-10(14)3-8(13)4-11(12)15/h3-5H,1-2H3. The molecule has 18 heavy (non-hydrogen) atoms. The summed E-state index contributed by atoms with van der Waals surface area (Å²) in [6.45, 7) is 3.54. The lowest BCUT2D eigenvalue weighted by molar-refractivity contribution is 0.112. The summed E-state index contributed by atoms with van der Waals surface area (Å²) < 4.78 is 1.56. The number of hydrogen-bond acceptors (Lipinski definition) is 2. The Morgan fingerprint density at radius 2 is 1.72 bits per heavy atom. The smallest absolute Gasteiger partial charge is 0.153 e. The number of rotatable bonds is 2. The quantitative estimate of drug-likeness (QED) is 0.777. The van der Waals surface area contributed by atoms with Gasteiger partial charge in [-0.15, -0.1) is 0 Å². The van der Waals surface area contributed by atoms with Gasteiger partial charge in [-0.1, -0.05) is 34.8 Å². The summed E-state index contributed by atoms with van der Waals surface area (Å²) in [6.07, 6.45) is 0.770. The first-order valence-electron chi connectivity index (χ1n) is 5.12. The number of halogens is 3. The highest BCUT2D eigenvalue weighted by molar-refractivity contribution is 6.40. The summed E-state index contributed by atoms with van der Waals surface area (Å²) in [5, 5.41) is 5.50. The molecular formula is C12H9Cl3N2O. The van der Waals surface area contributed by atoms with E-state index in [1.807, 2.05) is 0 Å². The minimum Gasteiger partial charge on any atom is -0.298 e. The van der Waals surface area contributed by atoms with Crippen LogP contribution in [0, 0.1) is 13.8 Å². The monoisotopic (exact) mass is 302 g/mol. The molecule has 0 saturated heterocycles. The van der Waals surface area contributed by atoms with Crippen molar-refractivity contribution in [1.82, 2.24) is 9.78 Å². The topological polar surface area (TPSA) is 34.9 Å². The average molecular weight is 304 g/mol. The van der Waals surface area contributed by atoms with Crippen LogP contribution in [0.3, 0.4) is 0 Å². The van der Waals surface area contributed by atoms with Crippen LogP contribution in [0.1, 0.15) is 21.7 Å². The minimum atomic E-state index is 0.385. The fourth-order valence-corrected chi connectivity index (χ4v) is 2.76. The van der Waals surface area contributed by atoms with Crippen molar-refractivity contribution in [2.24, 2.45) is 0 Å². The number of aryl methyl sites for hydroxylation is 1. The average Bonchev–Trinajstić information content (AvgIpc) is 2.53. The number of benzene rings is 1. The first-order chi connectivity index (χ1) is 8.45. The second-order valence-corrected chi connectivity index (χ2v) is 5.08. The molecule has 0 N–H and O–H groups in total. The van der Waals surface area contributed by atoms with Crippen LogP contribution in [0.15, 0.2) is 12.1 Å². The molecule has 0 aliphatic carbocycles. The largest absolute Gasteiger partial charge is 0.298 e. The zero-order valence-corrected chi connectivity index (χ0v) is 11.9. The van der Waals surface area contributed by atoms with Gasteiger partial charge >= 0.3 is 0 Å². The molecular weight excluding hydrogens is 295 g/mol. The van der Waals surface area contributed by atoms with Gasteiger partial charge in [-0.05, 0) is 26.0 Å². The predicted octanol–water partition coefficient (Wildman–Crippen LogP) is 4.26. The van der Waals surface area contributed by atoms with Crippen molar-refractivity contribution in [3.63, 3.8) is 0 Å². The van der Waals surface area contributed by atoms with E-state index in [1.165, 1.54) is 0 Å². The molecule has 0 amide bonds. The summed E-state index contributed by atoms with van der Waals surface area (Å²) in [6, 6.07) is 3.17. The van der Waals surface area contributed by atoms with Crippen LogP contribution in [0.2, 0.25) is 15.1 Å². The highest BCUT2D eigenvalue weighted by Gasteiger charge is 2.17. The Hall–Kier alpha value is -1.03. The van der Waals surface area contributed by atoms with Gasteiger partial charge in [0.15, 0.2) is 6.29 Å². The summed E-state index contributed by atoms with van der Waals surface area (Å²) in [5.41, 5.74) is 2.38. The van der Waals surface area contributed by atoms with Gasteiger partial charge in [-0.3, -0.25) is 4.79 Å². The molecule has 94 valence electrons. The van der Waals surface area contributed by atoms with E-state index in [4.69, 9.17) is 34.8 Å². The molecule has 0 aliphatic heterocycles. The zero-order chi connectivity index (χ0) is 13.4. The Morgan fingerprint density at radius 3 is 2.17 bits per heavy atom. The molecule has 2 rings (SSSR count). The SMILES string of the molecule is Cc1nn(-c2c(Cl)cc(Cl)cc2Cl)c(C)c1C=O. The summed E-state index contributed by atoms with van der Waals surface area (Å²) in [7, 11) is 0. The highest BCUT2D eigenvalue weighted by Crippen LogP contribution is 2.33. The van der Waals surface area contributed by atoms with Crippen molar-refractivity contribution in [3.05, 3.63) is 44.2 Å². The molecule has 0 bridgehead atoms. The summed E-state index contributed by atoms with van der Waals surface area (Å²) in [4.78, 5) is 11.0. The van der Waals surface area contributed by atoms with E-state index in [-0.39, 0.29) is 0 Å². The molecule has 1 aromatic carbocycles. The van der Waals surface area contributed by atoms with Gasteiger partial charge in [0.1, 0.15) is 5.69 Å². The van der Waals surface area contributed by atoms with E-state index in [0.717, 1.165) is 6.29 Å². The van der Waals surface area contributed by atoms with Gasteiger partial charge < -0.3 is 0 Å². The molecule has 1 heterocycles. The third-order valence-corrected chi connectivity index (χ3v) is 3.45. The van der Waals surface area contributed by atoms with E-state index in [0.29, 0.717) is 37.7 Å². The van der Waals surface area contributed by atoms with Crippen LogP contribution in [0.4, 0.5) is 0 Å². The lowest BCUT2D eigenvalue weighted by Gasteiger charge is -2.09. The first-order valence-corrected chi connectivity index (χ1v) is 6.25. The fourth-order valence-electron chi connectivity index (χ4n) is 1.78. The molecule has 0 fully saturated rings. The van der Waals surface area contributed by atoms with Crippen LogP contribution in [0.25, 0.3) is 5.69 Å². The normalized spacial score (nSPS) is 10.7. The maximum Gasteiger partial charge on any atom is 0.153 e. The number of carbonyl (C=O) groups excluding carboxylic acids is 1. The van der Waals surface area contributed by atoms with Crippen molar-refractivity contribution in [3.8, 4) is 5.69 Å². The molecule has 0 aliphatic rings. The molecule has 0 saturated carbocycles. The number of aromatic nitrogens is 2. The van der Waals surface area contributed by atoms with Crippen LogP contribution in [0.5, 0.6) is 0 Å². The van der Waals surface area contributed by atoms with Crippen molar-refractivity contribution in [2.45, 2.75) is 13.8 Å².